The van der Waals surface area contributed by atoms with Gasteiger partial charge in [0.2, 0.25) is 0 Å². The van der Waals surface area contributed by atoms with E-state index >= 15 is 0 Å². The van der Waals surface area contributed by atoms with Crippen molar-refractivity contribution in [2.24, 2.45) is 0 Å². The van der Waals surface area contributed by atoms with Crippen LogP contribution in [0.1, 0.15) is 17.2 Å². The number of rotatable bonds is 5. The molecule has 23 heavy (non-hydrogen) atoms. The molecule has 0 heterocycles. The Bertz CT molecular complexity index is 754. The van der Waals surface area contributed by atoms with Crippen molar-refractivity contribution < 1.29 is 9.84 Å². The number of aliphatic hydroxyl groups excluding tert-OH is 1. The summed E-state index contributed by atoms with van der Waals surface area (Å²) in [6, 6.07) is 25.7. The van der Waals surface area contributed by atoms with Crippen molar-refractivity contribution in [2.75, 3.05) is 7.11 Å². The molecule has 0 aliphatic carbocycles. The smallest absolute Gasteiger partial charge is 0.118 e. The maximum Gasteiger partial charge on any atom is 0.118 e. The maximum atomic E-state index is 10.8. The molecule has 0 amide bonds. The Kier molecular flexibility index (Phi) is 5.01. The molecule has 1 unspecified atom stereocenters. The molecule has 0 fully saturated rings. The van der Waals surface area contributed by atoms with E-state index in [4.69, 9.17) is 4.74 Å². The first-order valence-electron chi connectivity index (χ1n) is 7.42. The number of hydrogen-bond acceptors (Lipinski definition) is 3. The van der Waals surface area contributed by atoms with Gasteiger partial charge in [0.05, 0.1) is 7.11 Å². The first-order chi connectivity index (χ1) is 11.3. The fraction of sp³-hybridized carbons (Fsp3) is 0.100. The van der Waals surface area contributed by atoms with E-state index in [0.717, 1.165) is 26.7 Å². The van der Waals surface area contributed by atoms with Crippen LogP contribution in [0.2, 0.25) is 0 Å². The number of hydrogen-bond donors (Lipinski definition) is 1. The fourth-order valence-corrected chi connectivity index (χ4v) is 3.37. The summed E-state index contributed by atoms with van der Waals surface area (Å²) in [5.41, 5.74) is 1.76. The normalized spacial score (nSPS) is 11.9. The van der Waals surface area contributed by atoms with E-state index in [1.54, 1.807) is 18.9 Å². The highest BCUT2D eigenvalue weighted by molar-refractivity contribution is 7.99. The van der Waals surface area contributed by atoms with Crippen LogP contribution in [0.5, 0.6) is 5.75 Å². The molecule has 1 atom stereocenters. The lowest BCUT2D eigenvalue weighted by Gasteiger charge is -2.16. The van der Waals surface area contributed by atoms with E-state index in [0.29, 0.717) is 0 Å². The van der Waals surface area contributed by atoms with Gasteiger partial charge in [-0.05, 0) is 41.5 Å². The Morgan fingerprint density at radius 1 is 0.826 bits per heavy atom. The van der Waals surface area contributed by atoms with E-state index < -0.39 is 6.10 Å². The summed E-state index contributed by atoms with van der Waals surface area (Å²) in [5, 5.41) is 10.8. The Morgan fingerprint density at radius 3 is 2.17 bits per heavy atom. The van der Waals surface area contributed by atoms with Gasteiger partial charge in [0.25, 0.3) is 0 Å². The van der Waals surface area contributed by atoms with Crippen molar-refractivity contribution in [1.29, 1.82) is 0 Å². The minimum atomic E-state index is -0.659. The van der Waals surface area contributed by atoms with Crippen molar-refractivity contribution >= 4 is 11.8 Å². The van der Waals surface area contributed by atoms with Gasteiger partial charge < -0.3 is 9.84 Å². The summed E-state index contributed by atoms with van der Waals surface area (Å²) in [6.07, 6.45) is -0.659. The van der Waals surface area contributed by atoms with Gasteiger partial charge in [0.1, 0.15) is 11.9 Å². The number of aliphatic hydroxyl groups is 1. The highest BCUT2D eigenvalue weighted by Crippen LogP contribution is 2.35. The summed E-state index contributed by atoms with van der Waals surface area (Å²) in [7, 11) is 1.64. The molecule has 0 aliphatic heterocycles. The predicted molar refractivity (Wildman–Crippen MR) is 94.1 cm³/mol. The lowest BCUT2D eigenvalue weighted by Crippen LogP contribution is -2.01. The van der Waals surface area contributed by atoms with Crippen molar-refractivity contribution in [1.82, 2.24) is 0 Å². The molecule has 3 aromatic carbocycles. The average molecular weight is 322 g/mol. The minimum absolute atomic E-state index is 0.659. The SMILES string of the molecule is COc1ccc(C(O)c2ccccc2Sc2ccccc2)cc1. The second-order valence-electron chi connectivity index (χ2n) is 5.13. The Hall–Kier alpha value is -2.23. The standard InChI is InChI=1S/C20H18O2S/c1-22-16-13-11-15(12-14-16)20(21)18-9-5-6-10-19(18)23-17-7-3-2-4-8-17/h2-14,20-21H,1H3. The molecule has 0 saturated heterocycles. The van der Waals surface area contributed by atoms with Crippen LogP contribution < -0.4 is 4.74 Å². The number of benzene rings is 3. The van der Waals surface area contributed by atoms with Crippen LogP contribution in [0, 0.1) is 0 Å². The summed E-state index contributed by atoms with van der Waals surface area (Å²) in [5.74, 6) is 0.785. The molecular weight excluding hydrogens is 304 g/mol. The van der Waals surface area contributed by atoms with Crippen LogP contribution in [-0.2, 0) is 0 Å². The molecule has 1 N–H and O–H groups in total. The fourth-order valence-electron chi connectivity index (χ4n) is 2.38. The van der Waals surface area contributed by atoms with Gasteiger partial charge in [-0.3, -0.25) is 0 Å². The predicted octanol–water partition coefficient (Wildman–Crippen LogP) is 4.93. The van der Waals surface area contributed by atoms with Gasteiger partial charge in [-0.15, -0.1) is 0 Å². The third-order valence-corrected chi connectivity index (χ3v) is 4.72. The summed E-state index contributed by atoms with van der Waals surface area (Å²) >= 11 is 1.66. The van der Waals surface area contributed by atoms with Crippen molar-refractivity contribution in [3.63, 3.8) is 0 Å². The largest absolute Gasteiger partial charge is 0.497 e. The van der Waals surface area contributed by atoms with Crippen molar-refractivity contribution in [2.45, 2.75) is 15.9 Å². The molecule has 0 aliphatic rings. The molecule has 0 aromatic heterocycles. The molecule has 0 radical (unpaired) electrons. The van der Waals surface area contributed by atoms with Gasteiger partial charge in [-0.25, -0.2) is 0 Å². The monoisotopic (exact) mass is 322 g/mol. The molecule has 0 spiro atoms. The minimum Gasteiger partial charge on any atom is -0.497 e. The van der Waals surface area contributed by atoms with E-state index in [-0.39, 0.29) is 0 Å². The van der Waals surface area contributed by atoms with Crippen LogP contribution in [0.15, 0.2) is 88.7 Å². The van der Waals surface area contributed by atoms with E-state index in [1.165, 1.54) is 0 Å². The summed E-state index contributed by atoms with van der Waals surface area (Å²) in [4.78, 5) is 2.21. The third-order valence-electron chi connectivity index (χ3n) is 3.62. The zero-order valence-corrected chi connectivity index (χ0v) is 13.7. The first-order valence-corrected chi connectivity index (χ1v) is 8.23. The van der Waals surface area contributed by atoms with Crippen LogP contribution in [-0.4, -0.2) is 12.2 Å². The molecule has 116 valence electrons. The third kappa shape index (κ3) is 3.76. The first kappa shape index (κ1) is 15.7. The Morgan fingerprint density at radius 2 is 1.48 bits per heavy atom. The second kappa shape index (κ2) is 7.36. The molecule has 3 aromatic rings. The molecule has 3 rings (SSSR count). The second-order valence-corrected chi connectivity index (χ2v) is 6.24. The molecule has 0 saturated carbocycles. The van der Waals surface area contributed by atoms with Gasteiger partial charge in [0.15, 0.2) is 0 Å². The lowest BCUT2D eigenvalue weighted by molar-refractivity contribution is 0.217. The highest BCUT2D eigenvalue weighted by atomic mass is 32.2. The van der Waals surface area contributed by atoms with Gasteiger partial charge in [-0.2, -0.15) is 0 Å². The Labute approximate surface area is 140 Å². The van der Waals surface area contributed by atoms with Gasteiger partial charge in [-0.1, -0.05) is 60.3 Å². The zero-order chi connectivity index (χ0) is 16.1. The van der Waals surface area contributed by atoms with Crippen LogP contribution in [0.3, 0.4) is 0 Å². The van der Waals surface area contributed by atoms with E-state index in [2.05, 4.69) is 12.1 Å². The van der Waals surface area contributed by atoms with E-state index in [9.17, 15) is 5.11 Å². The summed E-state index contributed by atoms with van der Waals surface area (Å²) in [6.45, 7) is 0. The van der Waals surface area contributed by atoms with E-state index in [1.807, 2.05) is 66.7 Å². The quantitative estimate of drug-likeness (QED) is 0.722. The van der Waals surface area contributed by atoms with Gasteiger partial charge >= 0.3 is 0 Å². The lowest BCUT2D eigenvalue weighted by atomic mass is 10.0. The van der Waals surface area contributed by atoms with Crippen LogP contribution in [0.4, 0.5) is 0 Å². The zero-order valence-electron chi connectivity index (χ0n) is 12.8. The van der Waals surface area contributed by atoms with Crippen LogP contribution in [0.25, 0.3) is 0 Å². The molecular formula is C20H18O2S. The Balaban J connectivity index is 1.89. The molecule has 3 heteroatoms. The van der Waals surface area contributed by atoms with Crippen molar-refractivity contribution in [3.8, 4) is 5.75 Å². The number of methoxy groups -OCH3 is 1. The van der Waals surface area contributed by atoms with Crippen LogP contribution >= 0.6 is 11.8 Å². The molecule has 0 bridgehead atoms. The topological polar surface area (TPSA) is 29.5 Å². The van der Waals surface area contributed by atoms with Crippen molar-refractivity contribution in [3.05, 3.63) is 90.0 Å². The number of ether oxygens (including phenoxy) is 1. The van der Waals surface area contributed by atoms with Gasteiger partial charge in [0, 0.05) is 9.79 Å². The highest BCUT2D eigenvalue weighted by Gasteiger charge is 2.15. The average Bonchev–Trinajstić information content (AvgIpc) is 2.62. The summed E-state index contributed by atoms with van der Waals surface area (Å²) < 4.78 is 5.17. The maximum absolute atomic E-state index is 10.8. The molecule has 2 nitrogen and oxygen atoms in total.